The van der Waals surface area contributed by atoms with Crippen LogP contribution in [0.3, 0.4) is 0 Å². The molecule has 82 valence electrons. The highest BCUT2D eigenvalue weighted by molar-refractivity contribution is 6.18. The highest BCUT2D eigenvalue weighted by Crippen LogP contribution is 2.23. The monoisotopic (exact) mass is 225 g/mol. The number of piperidine rings is 1. The average molecular weight is 226 g/mol. The van der Waals surface area contributed by atoms with Gasteiger partial charge in [-0.05, 0) is 32.3 Å². The van der Waals surface area contributed by atoms with Gasteiger partial charge < -0.3 is 4.90 Å². The second kappa shape index (κ2) is 4.79. The molecule has 1 atom stereocenters. The van der Waals surface area contributed by atoms with Crippen LogP contribution in [0.1, 0.15) is 25.1 Å². The maximum Gasteiger partial charge on any atom is 0.132 e. The first-order chi connectivity index (χ1) is 7.31. The average Bonchev–Trinajstić information content (AvgIpc) is 2.29. The van der Waals surface area contributed by atoms with Crippen LogP contribution in [0.2, 0.25) is 0 Å². The van der Waals surface area contributed by atoms with Crippen molar-refractivity contribution in [2.75, 3.05) is 17.3 Å². The zero-order valence-electron chi connectivity index (χ0n) is 8.99. The third-order valence-electron chi connectivity index (χ3n) is 2.86. The van der Waals surface area contributed by atoms with Crippen molar-refractivity contribution in [2.45, 2.75) is 32.2 Å². The Balaban J connectivity index is 2.20. The Morgan fingerprint density at radius 3 is 3.13 bits per heavy atom. The van der Waals surface area contributed by atoms with Crippen molar-refractivity contribution >= 4 is 17.4 Å². The van der Waals surface area contributed by atoms with Gasteiger partial charge in [-0.3, -0.25) is 0 Å². The summed E-state index contributed by atoms with van der Waals surface area (Å²) in [5.74, 6) is 2.53. The molecule has 0 spiro atoms. The van der Waals surface area contributed by atoms with Crippen LogP contribution >= 0.6 is 11.6 Å². The molecule has 1 unspecified atom stereocenters. The first-order valence-corrected chi connectivity index (χ1v) is 5.97. The lowest BCUT2D eigenvalue weighted by Crippen LogP contribution is -2.41. The smallest absolute Gasteiger partial charge is 0.132 e. The number of hydrogen-bond donors (Lipinski definition) is 0. The molecular formula is C11H16ClN3. The van der Waals surface area contributed by atoms with Crippen molar-refractivity contribution in [3.8, 4) is 0 Å². The molecular weight excluding hydrogens is 210 g/mol. The van der Waals surface area contributed by atoms with Crippen molar-refractivity contribution in [2.24, 2.45) is 0 Å². The van der Waals surface area contributed by atoms with E-state index in [9.17, 15) is 0 Å². The van der Waals surface area contributed by atoms with E-state index in [-0.39, 0.29) is 0 Å². The molecule has 0 radical (unpaired) electrons. The molecule has 2 heterocycles. The zero-order chi connectivity index (χ0) is 10.7. The van der Waals surface area contributed by atoms with E-state index in [1.54, 1.807) is 0 Å². The molecule has 0 aliphatic carbocycles. The Labute approximate surface area is 95.5 Å². The SMILES string of the molecule is Cc1nccc(N2CCCCC2CCl)n1. The summed E-state index contributed by atoms with van der Waals surface area (Å²) in [6.45, 7) is 2.98. The van der Waals surface area contributed by atoms with Gasteiger partial charge >= 0.3 is 0 Å². The van der Waals surface area contributed by atoms with Crippen LogP contribution in [0.5, 0.6) is 0 Å². The minimum absolute atomic E-state index is 0.440. The van der Waals surface area contributed by atoms with E-state index < -0.39 is 0 Å². The predicted octanol–water partition coefficient (Wildman–Crippen LogP) is 2.38. The Morgan fingerprint density at radius 2 is 2.40 bits per heavy atom. The number of alkyl halides is 1. The van der Waals surface area contributed by atoms with E-state index in [0.29, 0.717) is 11.9 Å². The molecule has 1 saturated heterocycles. The molecule has 0 saturated carbocycles. The minimum atomic E-state index is 0.440. The lowest BCUT2D eigenvalue weighted by atomic mass is 10.0. The van der Waals surface area contributed by atoms with E-state index in [2.05, 4.69) is 14.9 Å². The molecule has 0 aromatic carbocycles. The quantitative estimate of drug-likeness (QED) is 0.724. The second-order valence-electron chi connectivity index (χ2n) is 3.96. The summed E-state index contributed by atoms with van der Waals surface area (Å²) in [6.07, 6.45) is 5.50. The fraction of sp³-hybridized carbons (Fsp3) is 0.636. The summed E-state index contributed by atoms with van der Waals surface area (Å²) in [5, 5.41) is 0. The fourth-order valence-electron chi connectivity index (χ4n) is 2.07. The van der Waals surface area contributed by atoms with Crippen LogP contribution in [0.15, 0.2) is 12.3 Å². The van der Waals surface area contributed by atoms with Gasteiger partial charge in [0.1, 0.15) is 11.6 Å². The Kier molecular flexibility index (Phi) is 3.41. The molecule has 4 heteroatoms. The van der Waals surface area contributed by atoms with E-state index in [0.717, 1.165) is 18.2 Å². The molecule has 1 aliphatic rings. The number of hydrogen-bond acceptors (Lipinski definition) is 3. The third-order valence-corrected chi connectivity index (χ3v) is 3.22. The van der Waals surface area contributed by atoms with Crippen molar-refractivity contribution < 1.29 is 0 Å². The van der Waals surface area contributed by atoms with Crippen LogP contribution < -0.4 is 4.90 Å². The topological polar surface area (TPSA) is 29.0 Å². The zero-order valence-corrected chi connectivity index (χ0v) is 9.74. The van der Waals surface area contributed by atoms with Gasteiger partial charge in [-0.1, -0.05) is 0 Å². The molecule has 3 nitrogen and oxygen atoms in total. The summed E-state index contributed by atoms with van der Waals surface area (Å²) in [4.78, 5) is 10.9. The second-order valence-corrected chi connectivity index (χ2v) is 4.27. The first-order valence-electron chi connectivity index (χ1n) is 5.43. The predicted molar refractivity (Wildman–Crippen MR) is 62.5 cm³/mol. The van der Waals surface area contributed by atoms with Gasteiger partial charge in [0.25, 0.3) is 0 Å². The van der Waals surface area contributed by atoms with Crippen molar-refractivity contribution in [3.63, 3.8) is 0 Å². The Bertz CT molecular complexity index is 329. The molecule has 15 heavy (non-hydrogen) atoms. The third kappa shape index (κ3) is 2.40. The van der Waals surface area contributed by atoms with Crippen LogP contribution in [0.4, 0.5) is 5.82 Å². The summed E-state index contributed by atoms with van der Waals surface area (Å²) >= 11 is 5.98. The summed E-state index contributed by atoms with van der Waals surface area (Å²) < 4.78 is 0. The summed E-state index contributed by atoms with van der Waals surface area (Å²) in [6, 6.07) is 2.41. The van der Waals surface area contributed by atoms with Gasteiger partial charge in [0.15, 0.2) is 0 Å². The van der Waals surface area contributed by atoms with Crippen LogP contribution in [-0.4, -0.2) is 28.4 Å². The lowest BCUT2D eigenvalue weighted by molar-refractivity contribution is 0.484. The van der Waals surface area contributed by atoms with E-state index >= 15 is 0 Å². The standard InChI is InChI=1S/C11H16ClN3/c1-9-13-6-5-11(14-9)15-7-3-2-4-10(15)8-12/h5-6,10H,2-4,7-8H2,1H3. The minimum Gasteiger partial charge on any atom is -0.352 e. The first kappa shape index (κ1) is 10.7. The van der Waals surface area contributed by atoms with Crippen LogP contribution in [0, 0.1) is 6.92 Å². The molecule has 1 aliphatic heterocycles. The Hall–Kier alpha value is -0.830. The van der Waals surface area contributed by atoms with E-state index in [4.69, 9.17) is 11.6 Å². The molecule has 0 bridgehead atoms. The summed E-state index contributed by atoms with van der Waals surface area (Å²) in [5.41, 5.74) is 0. The van der Waals surface area contributed by atoms with Gasteiger partial charge in [0, 0.05) is 24.7 Å². The normalized spacial score (nSPS) is 21.7. The molecule has 0 amide bonds. The maximum atomic E-state index is 5.98. The van der Waals surface area contributed by atoms with Crippen LogP contribution in [0.25, 0.3) is 0 Å². The molecule has 0 N–H and O–H groups in total. The van der Waals surface area contributed by atoms with Crippen molar-refractivity contribution in [1.29, 1.82) is 0 Å². The van der Waals surface area contributed by atoms with E-state index in [1.165, 1.54) is 19.3 Å². The van der Waals surface area contributed by atoms with Gasteiger partial charge in [0.2, 0.25) is 0 Å². The van der Waals surface area contributed by atoms with Gasteiger partial charge in [0.05, 0.1) is 0 Å². The fourth-order valence-corrected chi connectivity index (χ4v) is 2.39. The van der Waals surface area contributed by atoms with Gasteiger partial charge in [-0.15, -0.1) is 11.6 Å². The number of anilines is 1. The summed E-state index contributed by atoms with van der Waals surface area (Å²) in [7, 11) is 0. The number of aryl methyl sites for hydroxylation is 1. The molecule has 2 rings (SSSR count). The number of nitrogens with zero attached hydrogens (tertiary/aromatic N) is 3. The van der Waals surface area contributed by atoms with Gasteiger partial charge in [-0.25, -0.2) is 9.97 Å². The number of aromatic nitrogens is 2. The number of rotatable bonds is 2. The number of halogens is 1. The highest BCUT2D eigenvalue weighted by Gasteiger charge is 2.22. The van der Waals surface area contributed by atoms with Crippen molar-refractivity contribution in [3.05, 3.63) is 18.1 Å². The van der Waals surface area contributed by atoms with Crippen molar-refractivity contribution in [1.82, 2.24) is 9.97 Å². The Morgan fingerprint density at radius 1 is 1.53 bits per heavy atom. The lowest BCUT2D eigenvalue weighted by Gasteiger charge is -2.35. The van der Waals surface area contributed by atoms with E-state index in [1.807, 2.05) is 19.2 Å². The maximum absolute atomic E-state index is 5.98. The molecule has 1 aromatic heterocycles. The van der Waals surface area contributed by atoms with Crippen LogP contribution in [-0.2, 0) is 0 Å². The molecule has 1 aromatic rings. The molecule has 1 fully saturated rings. The van der Waals surface area contributed by atoms with Gasteiger partial charge in [-0.2, -0.15) is 0 Å². The highest BCUT2D eigenvalue weighted by atomic mass is 35.5. The largest absolute Gasteiger partial charge is 0.352 e.